The van der Waals surface area contributed by atoms with E-state index in [2.05, 4.69) is 5.32 Å². The number of likely N-dealkylation sites (tertiary alicyclic amines) is 1. The highest BCUT2D eigenvalue weighted by Crippen LogP contribution is 2.57. The third kappa shape index (κ3) is 4.06. The van der Waals surface area contributed by atoms with Crippen LogP contribution in [0.25, 0.3) is 0 Å². The molecule has 2 heterocycles. The first-order valence-electron chi connectivity index (χ1n) is 13.0. The van der Waals surface area contributed by atoms with Gasteiger partial charge in [-0.2, -0.15) is 0 Å². The maximum Gasteiger partial charge on any atom is 0.253 e. The second-order valence-electron chi connectivity index (χ2n) is 10.6. The maximum atomic E-state index is 14.0. The van der Waals surface area contributed by atoms with Crippen LogP contribution in [-0.4, -0.2) is 57.5 Å². The second kappa shape index (κ2) is 9.62. The van der Waals surface area contributed by atoms with E-state index in [4.69, 9.17) is 4.74 Å². The summed E-state index contributed by atoms with van der Waals surface area (Å²) in [6, 6.07) is 5.07. The van der Waals surface area contributed by atoms with Gasteiger partial charge in [0.1, 0.15) is 39.8 Å². The monoisotopic (exact) mass is 548 g/mol. The van der Waals surface area contributed by atoms with E-state index in [1.807, 2.05) is 0 Å². The molecule has 0 aromatic heterocycles. The van der Waals surface area contributed by atoms with Gasteiger partial charge in [0.25, 0.3) is 5.91 Å². The van der Waals surface area contributed by atoms with Crippen LogP contribution in [0.2, 0.25) is 0 Å². The van der Waals surface area contributed by atoms with Crippen molar-refractivity contribution in [3.63, 3.8) is 0 Å². The third-order valence-corrected chi connectivity index (χ3v) is 7.98. The van der Waals surface area contributed by atoms with Crippen LogP contribution in [0, 0.1) is 12.7 Å². The Morgan fingerprint density at radius 2 is 1.80 bits per heavy atom. The highest BCUT2D eigenvalue weighted by molar-refractivity contribution is 6.31. The van der Waals surface area contributed by atoms with E-state index < -0.39 is 40.1 Å². The lowest BCUT2D eigenvalue weighted by Crippen LogP contribution is -2.48. The number of phenolic OH excluding ortho intramolecular Hbond substituents is 2. The first-order chi connectivity index (χ1) is 18.9. The molecule has 9 nitrogen and oxygen atoms in total. The quantitative estimate of drug-likeness (QED) is 0.300. The van der Waals surface area contributed by atoms with Gasteiger partial charge in [0.15, 0.2) is 17.3 Å². The van der Waals surface area contributed by atoms with Crippen LogP contribution in [0.3, 0.4) is 0 Å². The number of Topliss-reactive ketones (excluding diaryl/α,β-unsaturated/α-hetero) is 2. The van der Waals surface area contributed by atoms with Gasteiger partial charge in [-0.1, -0.05) is 0 Å². The maximum absolute atomic E-state index is 14.0. The predicted octanol–water partition coefficient (Wildman–Crippen LogP) is 3.60. The Bertz CT molecular complexity index is 1560. The van der Waals surface area contributed by atoms with Crippen molar-refractivity contribution < 1.29 is 38.5 Å². The SMILES string of the molecule is CC(=O)c1c(O)c(C)c(O)c2c1OC1=CC(=O)/C(=C(/C)NC3CCCN(C(=O)c4ccc(F)cc4)C3)C(=O)[C@@]12C. The minimum absolute atomic E-state index is 0.0215. The number of carbonyl (C=O) groups excluding carboxylic acids is 4. The minimum atomic E-state index is -1.61. The summed E-state index contributed by atoms with van der Waals surface area (Å²) in [4.78, 5) is 54.2. The van der Waals surface area contributed by atoms with Crippen LogP contribution >= 0.6 is 0 Å². The van der Waals surface area contributed by atoms with Gasteiger partial charge in [0.2, 0.25) is 0 Å². The van der Waals surface area contributed by atoms with Crippen LogP contribution in [0.15, 0.2) is 47.4 Å². The molecular formula is C30H29FN2O7. The largest absolute Gasteiger partial charge is 0.507 e. The topological polar surface area (TPSA) is 133 Å². The molecule has 1 unspecified atom stereocenters. The molecule has 0 saturated carbocycles. The van der Waals surface area contributed by atoms with Crippen molar-refractivity contribution in [2.45, 2.75) is 52.0 Å². The number of rotatable bonds is 4. The fourth-order valence-electron chi connectivity index (χ4n) is 5.80. The van der Waals surface area contributed by atoms with Gasteiger partial charge in [0, 0.05) is 42.0 Å². The van der Waals surface area contributed by atoms with E-state index in [0.717, 1.165) is 0 Å². The number of fused-ring (bicyclic) bond motifs is 3. The Morgan fingerprint density at radius 3 is 2.45 bits per heavy atom. The van der Waals surface area contributed by atoms with Crippen molar-refractivity contribution in [3.8, 4) is 17.2 Å². The molecule has 1 saturated heterocycles. The fraction of sp³-hybridized carbons (Fsp3) is 0.333. The average molecular weight is 549 g/mol. The Hall–Kier alpha value is -4.47. The van der Waals surface area contributed by atoms with E-state index in [1.165, 1.54) is 51.1 Å². The highest BCUT2D eigenvalue weighted by atomic mass is 19.1. The summed E-state index contributed by atoms with van der Waals surface area (Å²) in [5.41, 5.74) is -1.18. The standard InChI is InChI=1S/C30H29FN2O7/c1-14-25(36)23(16(3)34)27-24(26(14)37)30(4)21(40-27)12-20(35)22(28(30)38)15(2)32-19-6-5-11-33(13-19)29(39)17-7-9-18(31)10-8-17/h7-10,12,19,32,36-37H,5-6,11,13H2,1-4H3/b22-15+/t19?,30-/m0/s1. The number of halogens is 1. The average Bonchev–Trinajstić information content (AvgIpc) is 3.20. The number of nitrogens with one attached hydrogen (secondary N) is 1. The molecule has 10 heteroatoms. The molecule has 2 aliphatic heterocycles. The molecule has 3 N–H and O–H groups in total. The molecule has 0 bridgehead atoms. The first kappa shape index (κ1) is 27.1. The lowest BCUT2D eigenvalue weighted by atomic mass is 9.70. The molecule has 1 fully saturated rings. The Kier molecular flexibility index (Phi) is 6.52. The van der Waals surface area contributed by atoms with E-state index in [1.54, 1.807) is 11.8 Å². The second-order valence-corrected chi connectivity index (χ2v) is 10.6. The molecule has 2 aromatic carbocycles. The lowest BCUT2D eigenvalue weighted by Gasteiger charge is -2.35. The Morgan fingerprint density at radius 1 is 1.12 bits per heavy atom. The summed E-state index contributed by atoms with van der Waals surface area (Å²) in [6.45, 7) is 6.60. The van der Waals surface area contributed by atoms with Crippen molar-refractivity contribution in [2.24, 2.45) is 0 Å². The number of hydrogen-bond acceptors (Lipinski definition) is 8. The van der Waals surface area contributed by atoms with Crippen molar-refractivity contribution in [1.29, 1.82) is 0 Å². The highest BCUT2D eigenvalue weighted by Gasteiger charge is 2.56. The van der Waals surface area contributed by atoms with Gasteiger partial charge < -0.3 is 25.2 Å². The number of nitrogens with zero attached hydrogens (tertiary/aromatic N) is 1. The van der Waals surface area contributed by atoms with Crippen LogP contribution < -0.4 is 10.1 Å². The van der Waals surface area contributed by atoms with E-state index in [9.17, 15) is 33.8 Å². The lowest BCUT2D eigenvalue weighted by molar-refractivity contribution is -0.123. The molecular weight excluding hydrogens is 519 g/mol. The fourth-order valence-corrected chi connectivity index (χ4v) is 5.80. The summed E-state index contributed by atoms with van der Waals surface area (Å²) in [5, 5.41) is 24.7. The summed E-state index contributed by atoms with van der Waals surface area (Å²) in [6.07, 6.45) is 2.54. The minimum Gasteiger partial charge on any atom is -0.507 e. The molecule has 2 atom stereocenters. The number of benzene rings is 2. The van der Waals surface area contributed by atoms with Gasteiger partial charge in [-0.3, -0.25) is 19.2 Å². The molecule has 3 aliphatic rings. The number of ether oxygens (including phenoxy) is 1. The van der Waals surface area contributed by atoms with Crippen LogP contribution in [0.5, 0.6) is 17.2 Å². The van der Waals surface area contributed by atoms with Gasteiger partial charge in [-0.15, -0.1) is 0 Å². The van der Waals surface area contributed by atoms with Gasteiger partial charge in [-0.25, -0.2) is 4.39 Å². The molecule has 1 amide bonds. The summed E-state index contributed by atoms with van der Waals surface area (Å²) in [7, 11) is 0. The van der Waals surface area contributed by atoms with Gasteiger partial charge >= 0.3 is 0 Å². The Balaban J connectivity index is 1.47. The number of allylic oxidation sites excluding steroid dienone is 4. The number of phenols is 2. The molecule has 1 aliphatic carbocycles. The van der Waals surface area contributed by atoms with Crippen molar-refractivity contribution in [3.05, 3.63) is 75.4 Å². The molecule has 0 radical (unpaired) electrons. The summed E-state index contributed by atoms with van der Waals surface area (Å²) in [5.74, 6) is -3.44. The normalized spacial score (nSPS) is 23.2. The number of ketones is 3. The molecule has 40 heavy (non-hydrogen) atoms. The number of hydrogen-bond donors (Lipinski definition) is 3. The zero-order valence-electron chi connectivity index (χ0n) is 22.6. The van der Waals surface area contributed by atoms with Gasteiger partial charge in [-0.05, 0) is 64.8 Å². The van der Waals surface area contributed by atoms with E-state index >= 15 is 0 Å². The van der Waals surface area contributed by atoms with Crippen molar-refractivity contribution in [2.75, 3.05) is 13.1 Å². The number of piperidine rings is 1. The molecule has 0 spiro atoms. The zero-order valence-corrected chi connectivity index (χ0v) is 22.6. The number of aromatic hydroxyl groups is 2. The van der Waals surface area contributed by atoms with Gasteiger partial charge in [0.05, 0.1) is 11.1 Å². The van der Waals surface area contributed by atoms with Crippen molar-refractivity contribution in [1.82, 2.24) is 10.2 Å². The van der Waals surface area contributed by atoms with E-state index in [-0.39, 0.29) is 45.7 Å². The molecule has 208 valence electrons. The van der Waals surface area contributed by atoms with Crippen LogP contribution in [-0.2, 0) is 15.0 Å². The first-order valence-corrected chi connectivity index (χ1v) is 13.0. The number of carbonyl (C=O) groups is 4. The third-order valence-electron chi connectivity index (χ3n) is 7.98. The molecule has 2 aromatic rings. The van der Waals surface area contributed by atoms with Crippen LogP contribution in [0.4, 0.5) is 4.39 Å². The zero-order chi connectivity index (χ0) is 29.1. The Labute approximate surface area is 229 Å². The van der Waals surface area contributed by atoms with Crippen LogP contribution in [0.1, 0.15) is 65.5 Å². The number of amides is 1. The van der Waals surface area contributed by atoms with Crippen molar-refractivity contribution >= 4 is 23.3 Å². The predicted molar refractivity (Wildman–Crippen MR) is 142 cm³/mol. The molecule has 5 rings (SSSR count). The summed E-state index contributed by atoms with van der Waals surface area (Å²) >= 11 is 0. The smallest absolute Gasteiger partial charge is 0.253 e. The van der Waals surface area contributed by atoms with E-state index in [0.29, 0.717) is 37.2 Å². The summed E-state index contributed by atoms with van der Waals surface area (Å²) < 4.78 is 19.1.